The van der Waals surface area contributed by atoms with E-state index in [1.165, 1.54) is 19.7 Å². The first-order valence-electron chi connectivity index (χ1n) is 4.42. The third-order valence-corrected chi connectivity index (χ3v) is 50.1. The number of hydrogen-bond acceptors (Lipinski definition) is 24. The lowest BCUT2D eigenvalue weighted by atomic mass is 11.8. The Morgan fingerprint density at radius 1 is 0.538 bits per heavy atom. The standard InChI is InChI=1S/CH4OS24/c1-2-26(4,5)25-24-23-22-21-20-19-18-17-16-15-14-13-12-11-10-9-8-7-6-3/h3H,1H3. The highest BCUT2D eigenvalue weighted by Gasteiger charge is 2.03. The third kappa shape index (κ3) is 28.3. The van der Waals surface area contributed by atoms with Crippen molar-refractivity contribution in [3.05, 3.63) is 0 Å². The van der Waals surface area contributed by atoms with Gasteiger partial charge in [0.2, 0.25) is 0 Å². The summed E-state index contributed by atoms with van der Waals surface area (Å²) >= 11 is 14.3. The summed E-state index contributed by atoms with van der Waals surface area (Å²) in [6, 6.07) is 0. The van der Waals surface area contributed by atoms with Crippen molar-refractivity contribution in [3.63, 3.8) is 0 Å². The van der Waals surface area contributed by atoms with Crippen LogP contribution in [0.5, 0.6) is 0 Å². The van der Waals surface area contributed by atoms with Crippen LogP contribution in [0.3, 0.4) is 0 Å². The molecule has 158 valence electrons. The normalized spacial score (nSPS) is 11.9. The molecule has 0 aliphatic carbocycles. The molecular weight excluding hydrogens is 798 g/mol. The second kappa shape index (κ2) is 27.7. The minimum absolute atomic E-state index is 1.46. The van der Waals surface area contributed by atoms with Gasteiger partial charge in [0.15, 0.2) is 0 Å². The van der Waals surface area contributed by atoms with Crippen LogP contribution in [-0.4, -0.2) is 7.11 Å². The van der Waals surface area contributed by atoms with Gasteiger partial charge >= 0.3 is 0 Å². The lowest BCUT2D eigenvalue weighted by Gasteiger charge is -2.03. The molecule has 1 nitrogen and oxygen atoms in total. The van der Waals surface area contributed by atoms with Crippen LogP contribution >= 0.6 is 208 Å². The molecule has 0 saturated heterocycles. The molecule has 0 spiro atoms. The van der Waals surface area contributed by atoms with E-state index < -0.39 is 6.46 Å². The minimum Gasteiger partial charge on any atom is -0.305 e. The molecule has 0 bridgehead atoms. The molecule has 0 amide bonds. The van der Waals surface area contributed by atoms with Crippen molar-refractivity contribution in [2.45, 2.75) is 0 Å². The molecule has 0 unspecified atom stereocenters. The van der Waals surface area contributed by atoms with Crippen molar-refractivity contribution in [2.75, 3.05) is 7.11 Å². The summed E-state index contributed by atoms with van der Waals surface area (Å²) in [5.41, 5.74) is 0. The fourth-order valence-corrected chi connectivity index (χ4v) is 57.0. The molecule has 25 heteroatoms. The highest BCUT2D eigenvalue weighted by Crippen LogP contribution is 2.65. The van der Waals surface area contributed by atoms with E-state index in [9.17, 15) is 0 Å². The van der Waals surface area contributed by atoms with Crippen molar-refractivity contribution in [1.82, 2.24) is 0 Å². The van der Waals surface area contributed by atoms with Gasteiger partial charge in [0.05, 0.1) is 13.6 Å². The van der Waals surface area contributed by atoms with Crippen molar-refractivity contribution in [1.29, 1.82) is 0 Å². The first-order chi connectivity index (χ1) is 12.6. The second-order valence-electron chi connectivity index (χ2n) is 1.94. The van der Waals surface area contributed by atoms with Crippen molar-refractivity contribution >= 4 is 237 Å². The maximum Gasteiger partial charge on any atom is 0.0817 e. The van der Waals surface area contributed by atoms with E-state index in [0.29, 0.717) is 0 Å². The van der Waals surface area contributed by atoms with Crippen LogP contribution in [0.25, 0.3) is 0 Å². The molecule has 0 aromatic heterocycles. The van der Waals surface area contributed by atoms with Crippen LogP contribution in [0, 0.1) is 0 Å². The highest BCUT2D eigenvalue weighted by atomic mass is 34.1. The SMILES string of the molecule is COS(=S)(=S)SSSSSSSSSSSSSSSSSSSSS. The zero-order valence-corrected chi connectivity index (χ0v) is 30.9. The summed E-state index contributed by atoms with van der Waals surface area (Å²) in [5, 5.41) is 0. The summed E-state index contributed by atoms with van der Waals surface area (Å²) in [6.45, 7) is -1.78. The smallest absolute Gasteiger partial charge is 0.0817 e. The Kier molecular flexibility index (Phi) is 36.3. The maximum atomic E-state index is 5.12. The number of hydrogen-bond donors (Lipinski definition) is 1. The minimum atomic E-state index is -1.78. The predicted octanol–water partition coefficient (Wildman–Crippen LogP) is 13.4. The van der Waals surface area contributed by atoms with Gasteiger partial charge < -0.3 is 4.18 Å². The van der Waals surface area contributed by atoms with Gasteiger partial charge in [-0.3, -0.25) is 0 Å². The third-order valence-electron chi connectivity index (χ3n) is 0.818. The molecule has 0 N–H and O–H groups in total. The van der Waals surface area contributed by atoms with Gasteiger partial charge in [-0.15, -0.1) is 0 Å². The van der Waals surface area contributed by atoms with Crippen LogP contribution in [0.15, 0.2) is 0 Å². The molecule has 0 atom stereocenters. The van der Waals surface area contributed by atoms with E-state index in [4.69, 9.17) is 26.6 Å². The van der Waals surface area contributed by atoms with Crippen molar-refractivity contribution < 1.29 is 4.18 Å². The van der Waals surface area contributed by atoms with E-state index in [1.807, 2.05) is 0 Å². The average Bonchev–Trinajstić information content (AvgIpc) is 2.63. The Hall–Kier alpha value is 8.10. The monoisotopic (exact) mass is 799 g/mol. The van der Waals surface area contributed by atoms with Crippen molar-refractivity contribution in [2.24, 2.45) is 0 Å². The second-order valence-corrected chi connectivity index (χ2v) is 44.8. The van der Waals surface area contributed by atoms with E-state index in [0.717, 1.165) is 0 Å². The van der Waals surface area contributed by atoms with Crippen LogP contribution < -0.4 is 0 Å². The summed E-state index contributed by atoms with van der Waals surface area (Å²) in [6.07, 6.45) is 0. The lowest BCUT2D eigenvalue weighted by molar-refractivity contribution is 0.491. The van der Waals surface area contributed by atoms with Gasteiger partial charge in [-0.25, -0.2) is 0 Å². The Morgan fingerprint density at radius 2 is 0.808 bits per heavy atom. The lowest BCUT2D eigenvalue weighted by Crippen LogP contribution is -1.87. The predicted molar refractivity (Wildman–Crippen MR) is 190 cm³/mol. The zero-order valence-electron chi connectivity index (χ0n) is 11.2. The number of thiol groups is 1. The summed E-state index contributed by atoms with van der Waals surface area (Å²) in [5.74, 6) is 0. The first kappa shape index (κ1) is 34.1. The molecule has 0 fully saturated rings. The van der Waals surface area contributed by atoms with Crippen LogP contribution in [0.2, 0.25) is 0 Å². The Bertz CT molecular complexity index is 358. The molecule has 0 saturated carbocycles. The molecule has 0 radical (unpaired) electrons. The van der Waals surface area contributed by atoms with E-state index in [1.54, 1.807) is 184 Å². The maximum absolute atomic E-state index is 5.12. The summed E-state index contributed by atoms with van der Waals surface area (Å²) in [7, 11) is 36.0. The van der Waals surface area contributed by atoms with Gasteiger partial charge in [0.25, 0.3) is 0 Å². The summed E-state index contributed by atoms with van der Waals surface area (Å²) in [4.78, 5) is 0. The first-order valence-corrected chi connectivity index (χ1v) is 35.6. The molecule has 0 heterocycles. The zero-order chi connectivity index (χ0) is 19.3. The quantitative estimate of drug-likeness (QED) is 0.0670. The van der Waals surface area contributed by atoms with Crippen LogP contribution in [-0.2, 0) is 33.0 Å². The van der Waals surface area contributed by atoms with Gasteiger partial charge in [0, 0.05) is 118 Å². The molecule has 0 aromatic carbocycles. The topological polar surface area (TPSA) is 9.23 Å². The van der Waals surface area contributed by atoms with Crippen LogP contribution in [0.4, 0.5) is 0 Å². The Labute approximate surface area is 242 Å². The van der Waals surface area contributed by atoms with E-state index >= 15 is 0 Å². The van der Waals surface area contributed by atoms with Crippen LogP contribution in [0.1, 0.15) is 0 Å². The molecule has 26 heavy (non-hydrogen) atoms. The number of rotatable bonds is 21. The van der Waals surface area contributed by atoms with Gasteiger partial charge in [-0.1, -0.05) is 11.7 Å². The molecule has 0 aliphatic heterocycles. The van der Waals surface area contributed by atoms with E-state index in [-0.39, 0.29) is 0 Å². The molecular formula is CH4OS24. The van der Waals surface area contributed by atoms with Gasteiger partial charge in [0.1, 0.15) is 0 Å². The molecule has 0 aliphatic rings. The fourth-order valence-electron chi connectivity index (χ4n) is 0.267. The average molecular weight is 802 g/mol. The van der Waals surface area contributed by atoms with E-state index in [2.05, 4.69) is 11.7 Å². The Morgan fingerprint density at radius 3 is 1.08 bits per heavy atom. The fraction of sp³-hybridized carbons (Fsp3) is 1.00. The van der Waals surface area contributed by atoms with Gasteiger partial charge in [-0.2, -0.15) is 0 Å². The molecule has 0 rings (SSSR count). The van der Waals surface area contributed by atoms with Crippen molar-refractivity contribution in [3.8, 4) is 0 Å². The highest BCUT2D eigenvalue weighted by molar-refractivity contribution is 9.59. The largest absolute Gasteiger partial charge is 0.305 e. The summed E-state index contributed by atoms with van der Waals surface area (Å²) < 4.78 is 5.07. The van der Waals surface area contributed by atoms with Gasteiger partial charge in [-0.05, 0) is 101 Å². The Balaban J connectivity index is 3.07. The molecule has 0 aromatic rings.